The maximum absolute atomic E-state index is 4.97. The van der Waals surface area contributed by atoms with Gasteiger partial charge in [0.1, 0.15) is 0 Å². The van der Waals surface area contributed by atoms with Crippen LogP contribution in [0.1, 0.15) is 64.8 Å². The molecule has 1 atom stereocenters. The molecule has 0 aliphatic carbocycles. The third-order valence-electron chi connectivity index (χ3n) is 5.36. The van der Waals surface area contributed by atoms with Crippen LogP contribution in [0.4, 0.5) is 5.69 Å². The predicted octanol–water partition coefficient (Wildman–Crippen LogP) is 6.32. The summed E-state index contributed by atoms with van der Waals surface area (Å²) in [5.74, 6) is 0.623. The Bertz CT molecular complexity index is 729. The van der Waals surface area contributed by atoms with Crippen LogP contribution in [0.25, 0.3) is 5.70 Å². The van der Waals surface area contributed by atoms with E-state index in [1.807, 2.05) is 11.3 Å². The van der Waals surface area contributed by atoms with E-state index in [1.54, 1.807) is 0 Å². The Balaban J connectivity index is 2.53. The number of hydrogen-bond donors (Lipinski definition) is 0. The molecule has 3 nitrogen and oxygen atoms in total. The van der Waals surface area contributed by atoms with Crippen LogP contribution in [0, 0.1) is 12.8 Å². The quantitative estimate of drug-likeness (QED) is 0.581. The summed E-state index contributed by atoms with van der Waals surface area (Å²) in [6, 6.07) is 0.290. The molecule has 0 amide bonds. The van der Waals surface area contributed by atoms with Crippen molar-refractivity contribution in [3.63, 3.8) is 0 Å². The Kier molecular flexibility index (Phi) is 6.73. The van der Waals surface area contributed by atoms with Crippen LogP contribution in [0.3, 0.4) is 0 Å². The zero-order chi connectivity index (χ0) is 19.6. The molecule has 1 aliphatic heterocycles. The van der Waals surface area contributed by atoms with Crippen molar-refractivity contribution in [2.24, 2.45) is 11.0 Å². The largest absolute Gasteiger partial charge is 0.377 e. The Morgan fingerprint density at radius 3 is 2.31 bits per heavy atom. The van der Waals surface area contributed by atoms with Crippen LogP contribution >= 0.6 is 11.3 Å². The van der Waals surface area contributed by atoms with E-state index in [-0.39, 0.29) is 6.04 Å². The number of thiophene rings is 1. The lowest BCUT2D eigenvalue weighted by molar-refractivity contribution is 0.327. The van der Waals surface area contributed by atoms with Crippen molar-refractivity contribution in [1.82, 2.24) is 5.01 Å². The molecule has 1 unspecified atom stereocenters. The molecule has 26 heavy (non-hydrogen) atoms. The summed E-state index contributed by atoms with van der Waals surface area (Å²) < 4.78 is 0. The van der Waals surface area contributed by atoms with Gasteiger partial charge in [-0.15, -0.1) is 11.3 Å². The van der Waals surface area contributed by atoms with Gasteiger partial charge >= 0.3 is 0 Å². The van der Waals surface area contributed by atoms with Crippen molar-refractivity contribution in [1.29, 1.82) is 0 Å². The molecule has 0 spiro atoms. The highest BCUT2D eigenvalue weighted by Crippen LogP contribution is 2.40. The first-order valence-corrected chi connectivity index (χ1v) is 10.6. The second-order valence-corrected chi connectivity index (χ2v) is 8.62. The van der Waals surface area contributed by atoms with Gasteiger partial charge in [0.15, 0.2) is 0 Å². The van der Waals surface area contributed by atoms with Gasteiger partial charge in [-0.3, -0.25) is 5.01 Å². The summed E-state index contributed by atoms with van der Waals surface area (Å²) in [6.45, 7) is 15.7. The van der Waals surface area contributed by atoms with Crippen molar-refractivity contribution >= 4 is 28.4 Å². The highest BCUT2D eigenvalue weighted by atomic mass is 32.1. The summed E-state index contributed by atoms with van der Waals surface area (Å²) >= 11 is 1.83. The molecule has 0 saturated carbocycles. The van der Waals surface area contributed by atoms with Gasteiger partial charge in [-0.1, -0.05) is 13.8 Å². The summed E-state index contributed by atoms with van der Waals surface area (Å²) in [4.78, 5) is 3.53. The van der Waals surface area contributed by atoms with Gasteiger partial charge in [0.2, 0.25) is 0 Å². The molecule has 0 fully saturated rings. The van der Waals surface area contributed by atoms with Gasteiger partial charge < -0.3 is 4.90 Å². The van der Waals surface area contributed by atoms with E-state index < -0.39 is 0 Å². The van der Waals surface area contributed by atoms with Crippen molar-refractivity contribution in [3.8, 4) is 0 Å². The van der Waals surface area contributed by atoms with Crippen LogP contribution in [0.2, 0.25) is 0 Å². The van der Waals surface area contributed by atoms with Crippen molar-refractivity contribution in [2.45, 2.75) is 67.3 Å². The third-order valence-corrected chi connectivity index (χ3v) is 6.44. The number of allylic oxidation sites excluding steroid dienone is 2. The average Bonchev–Trinajstić information content (AvgIpc) is 2.94. The molecule has 144 valence electrons. The van der Waals surface area contributed by atoms with Crippen LogP contribution < -0.4 is 4.90 Å². The zero-order valence-electron chi connectivity index (χ0n) is 18.0. The number of rotatable bonds is 6. The maximum atomic E-state index is 4.97. The fourth-order valence-electron chi connectivity index (χ4n) is 3.89. The molecule has 4 heteroatoms. The lowest BCUT2D eigenvalue weighted by atomic mass is 9.87. The van der Waals surface area contributed by atoms with E-state index in [0.29, 0.717) is 5.92 Å². The zero-order valence-corrected chi connectivity index (χ0v) is 18.8. The van der Waals surface area contributed by atoms with Crippen molar-refractivity contribution < 1.29 is 0 Å². The monoisotopic (exact) mass is 373 g/mol. The molecular weight excluding hydrogens is 338 g/mol. The van der Waals surface area contributed by atoms with Crippen molar-refractivity contribution in [3.05, 3.63) is 33.0 Å². The molecule has 1 aromatic heterocycles. The van der Waals surface area contributed by atoms with Gasteiger partial charge in [0.25, 0.3) is 0 Å². The molecule has 2 heterocycles. The summed E-state index contributed by atoms with van der Waals surface area (Å²) in [6.07, 6.45) is 4.68. The molecule has 0 saturated heterocycles. The minimum Gasteiger partial charge on any atom is -0.377 e. The van der Waals surface area contributed by atoms with Crippen LogP contribution in [-0.4, -0.2) is 30.9 Å². The molecule has 1 aromatic rings. The topological polar surface area (TPSA) is 18.8 Å². The lowest BCUT2D eigenvalue weighted by Gasteiger charge is -2.37. The first kappa shape index (κ1) is 20.8. The van der Waals surface area contributed by atoms with Gasteiger partial charge in [0, 0.05) is 19.5 Å². The number of hydrogen-bond acceptors (Lipinski definition) is 4. The van der Waals surface area contributed by atoms with Crippen LogP contribution in [0.15, 0.2) is 27.7 Å². The normalized spacial score (nSPS) is 17.3. The third kappa shape index (κ3) is 3.90. The minimum absolute atomic E-state index is 0.290. The Morgan fingerprint density at radius 1 is 1.23 bits per heavy atom. The molecule has 0 radical (unpaired) electrons. The van der Waals surface area contributed by atoms with E-state index >= 15 is 0 Å². The van der Waals surface area contributed by atoms with E-state index in [4.69, 9.17) is 5.10 Å². The molecule has 2 rings (SSSR count). The maximum Gasteiger partial charge on any atom is 0.0763 e. The second kappa shape index (κ2) is 8.43. The summed E-state index contributed by atoms with van der Waals surface area (Å²) in [7, 11) is 4.22. The Labute approximate surface area is 164 Å². The number of anilines is 1. The molecule has 1 aliphatic rings. The molecule has 0 N–H and O–H groups in total. The SMILES string of the molecule is CCC(CC)C1=CC(C)=NN(C(=C(C)C)c2scc(N(C)C)c2C)C1C. The molecule has 0 bridgehead atoms. The fourth-order valence-corrected chi connectivity index (χ4v) is 5.20. The minimum atomic E-state index is 0.290. The number of nitrogens with zero attached hydrogens (tertiary/aromatic N) is 3. The summed E-state index contributed by atoms with van der Waals surface area (Å²) in [5, 5.41) is 9.50. The van der Waals surface area contributed by atoms with Crippen molar-refractivity contribution in [2.75, 3.05) is 19.0 Å². The van der Waals surface area contributed by atoms with Gasteiger partial charge in [-0.05, 0) is 76.2 Å². The molecule has 0 aromatic carbocycles. The highest BCUT2D eigenvalue weighted by Gasteiger charge is 2.30. The predicted molar refractivity (Wildman–Crippen MR) is 118 cm³/mol. The van der Waals surface area contributed by atoms with Gasteiger partial charge in [0.05, 0.1) is 28.0 Å². The highest BCUT2D eigenvalue weighted by molar-refractivity contribution is 7.11. The number of hydrazone groups is 1. The summed E-state index contributed by atoms with van der Waals surface area (Å²) in [5.41, 5.74) is 7.84. The van der Waals surface area contributed by atoms with E-state index in [1.165, 1.54) is 45.8 Å². The first-order valence-electron chi connectivity index (χ1n) is 9.71. The smallest absolute Gasteiger partial charge is 0.0763 e. The second-order valence-electron chi connectivity index (χ2n) is 7.74. The van der Waals surface area contributed by atoms with E-state index in [9.17, 15) is 0 Å². The lowest BCUT2D eigenvalue weighted by Crippen LogP contribution is -2.35. The fraction of sp³-hybridized carbons (Fsp3) is 0.591. The molecular formula is C22H35N3S. The van der Waals surface area contributed by atoms with E-state index in [0.717, 1.165) is 5.71 Å². The standard InChI is InChI=1S/C22H35N3S/c1-10-18(11-2)19-12-15(5)23-25(17(19)7)21(14(3)4)22-16(6)20(13-26-22)24(8)9/h12-13,17-18H,10-11H2,1-9H3. The van der Waals surface area contributed by atoms with E-state index in [2.05, 4.69) is 83.9 Å². The van der Waals surface area contributed by atoms with Crippen LogP contribution in [-0.2, 0) is 0 Å². The van der Waals surface area contributed by atoms with Gasteiger partial charge in [-0.25, -0.2) is 0 Å². The van der Waals surface area contributed by atoms with Gasteiger partial charge in [-0.2, -0.15) is 5.10 Å². The first-order chi connectivity index (χ1) is 12.2. The average molecular weight is 374 g/mol. The Hall–Kier alpha value is -1.55. The van der Waals surface area contributed by atoms with Crippen LogP contribution in [0.5, 0.6) is 0 Å². The Morgan fingerprint density at radius 2 is 1.85 bits per heavy atom.